The lowest BCUT2D eigenvalue weighted by molar-refractivity contribution is 0.276. The van der Waals surface area contributed by atoms with E-state index in [9.17, 15) is 0 Å². The van der Waals surface area contributed by atoms with Gasteiger partial charge in [-0.3, -0.25) is 4.98 Å². The predicted octanol–water partition coefficient (Wildman–Crippen LogP) is 0.420. The molecule has 0 spiro atoms. The quantitative estimate of drug-likeness (QED) is 0.763. The van der Waals surface area contributed by atoms with Crippen molar-refractivity contribution in [3.8, 4) is 0 Å². The summed E-state index contributed by atoms with van der Waals surface area (Å²) in [5.74, 6) is 0.885. The van der Waals surface area contributed by atoms with E-state index in [-0.39, 0.29) is 12.6 Å². The van der Waals surface area contributed by atoms with Gasteiger partial charge in [0.25, 0.3) is 0 Å². The summed E-state index contributed by atoms with van der Waals surface area (Å²) < 4.78 is 1.94. The summed E-state index contributed by atoms with van der Waals surface area (Å²) >= 11 is 0. The molecule has 5 nitrogen and oxygen atoms in total. The first-order chi connectivity index (χ1) is 7.24. The Kier molecular flexibility index (Phi) is 2.66. The average molecular weight is 206 g/mol. The molecule has 15 heavy (non-hydrogen) atoms. The highest BCUT2D eigenvalue weighted by Crippen LogP contribution is 2.19. The third-order valence-corrected chi connectivity index (χ3v) is 2.44. The minimum absolute atomic E-state index is 0.0689. The van der Waals surface area contributed by atoms with E-state index >= 15 is 0 Å². The maximum absolute atomic E-state index is 8.85. The van der Waals surface area contributed by atoms with E-state index in [1.807, 2.05) is 17.5 Å². The highest BCUT2D eigenvalue weighted by Gasteiger charge is 2.14. The van der Waals surface area contributed by atoms with E-state index in [4.69, 9.17) is 10.8 Å². The fraction of sp³-hybridized carbons (Fsp3) is 0.400. The Morgan fingerprint density at radius 3 is 3.13 bits per heavy atom. The van der Waals surface area contributed by atoms with Crippen LogP contribution >= 0.6 is 0 Å². The van der Waals surface area contributed by atoms with E-state index in [1.165, 1.54) is 0 Å². The van der Waals surface area contributed by atoms with E-state index < -0.39 is 0 Å². The first-order valence-electron chi connectivity index (χ1n) is 4.89. The van der Waals surface area contributed by atoms with Gasteiger partial charge >= 0.3 is 0 Å². The molecule has 0 amide bonds. The van der Waals surface area contributed by atoms with Crippen LogP contribution < -0.4 is 5.73 Å². The Bertz CT molecular complexity index is 465. The monoisotopic (exact) mass is 206 g/mol. The molecule has 0 aromatic carbocycles. The normalized spacial score (nSPS) is 13.3. The fourth-order valence-electron chi connectivity index (χ4n) is 1.67. The molecule has 2 aromatic heterocycles. The van der Waals surface area contributed by atoms with E-state index in [2.05, 4.69) is 9.97 Å². The van der Waals surface area contributed by atoms with Crippen LogP contribution in [-0.2, 0) is 0 Å². The number of aromatic nitrogens is 3. The largest absolute Gasteiger partial charge is 0.396 e. The summed E-state index contributed by atoms with van der Waals surface area (Å²) in [6.45, 7) is 1.99. The molecule has 3 N–H and O–H groups in total. The molecule has 0 radical (unpaired) electrons. The van der Waals surface area contributed by atoms with Gasteiger partial charge in [0.15, 0.2) is 0 Å². The molecule has 0 fully saturated rings. The molecule has 0 aliphatic rings. The van der Waals surface area contributed by atoms with Crippen molar-refractivity contribution >= 4 is 5.52 Å². The lowest BCUT2D eigenvalue weighted by Gasteiger charge is -2.06. The molecule has 1 unspecified atom stereocenters. The number of nitrogens with zero attached hydrogens (tertiary/aromatic N) is 3. The Labute approximate surface area is 87.6 Å². The molecule has 0 aliphatic heterocycles. The summed E-state index contributed by atoms with van der Waals surface area (Å²) in [6, 6.07) is -0.233. The number of aliphatic hydroxyl groups excluding tert-OH is 1. The Balaban J connectivity index is 2.52. The van der Waals surface area contributed by atoms with Gasteiger partial charge in [-0.1, -0.05) is 0 Å². The van der Waals surface area contributed by atoms with Crippen LogP contribution in [0.25, 0.3) is 5.52 Å². The molecule has 2 heterocycles. The second kappa shape index (κ2) is 3.96. The molecule has 0 bridgehead atoms. The van der Waals surface area contributed by atoms with Crippen molar-refractivity contribution < 1.29 is 5.11 Å². The zero-order chi connectivity index (χ0) is 10.8. The van der Waals surface area contributed by atoms with Crippen molar-refractivity contribution in [2.75, 3.05) is 6.61 Å². The molecule has 0 saturated heterocycles. The highest BCUT2D eigenvalue weighted by molar-refractivity contribution is 5.52. The number of hydrogen-bond acceptors (Lipinski definition) is 4. The lowest BCUT2D eigenvalue weighted by atomic mass is 10.1. The number of fused-ring (bicyclic) bond motifs is 1. The standard InChI is InChI=1S/C10H14N4O/c1-7-13-10(8(11)2-5-15)9-6-12-3-4-14(7)9/h3-4,6,8,15H,2,5,11H2,1H3. The van der Waals surface area contributed by atoms with Crippen LogP contribution in [0, 0.1) is 6.92 Å². The summed E-state index contributed by atoms with van der Waals surface area (Å²) in [5, 5.41) is 8.85. The van der Waals surface area contributed by atoms with Gasteiger partial charge in [0.05, 0.1) is 23.4 Å². The predicted molar refractivity (Wildman–Crippen MR) is 56.4 cm³/mol. The zero-order valence-electron chi connectivity index (χ0n) is 8.59. The van der Waals surface area contributed by atoms with Gasteiger partial charge in [-0.15, -0.1) is 0 Å². The smallest absolute Gasteiger partial charge is 0.110 e. The summed E-state index contributed by atoms with van der Waals surface area (Å²) in [5.41, 5.74) is 7.63. The van der Waals surface area contributed by atoms with Crippen molar-refractivity contribution in [3.05, 3.63) is 30.1 Å². The van der Waals surface area contributed by atoms with Crippen LogP contribution in [0.5, 0.6) is 0 Å². The molecule has 2 aromatic rings. The fourth-order valence-corrected chi connectivity index (χ4v) is 1.67. The van der Waals surface area contributed by atoms with Crippen LogP contribution in [0.4, 0.5) is 0 Å². The highest BCUT2D eigenvalue weighted by atomic mass is 16.3. The van der Waals surface area contributed by atoms with E-state index in [0.717, 1.165) is 17.0 Å². The molecule has 0 aliphatic carbocycles. The summed E-state index contributed by atoms with van der Waals surface area (Å²) in [6.07, 6.45) is 5.82. The Hall–Kier alpha value is -1.46. The first kappa shape index (κ1) is 10.1. The number of hydrogen-bond donors (Lipinski definition) is 2. The first-order valence-corrected chi connectivity index (χ1v) is 4.89. The van der Waals surface area contributed by atoms with Crippen molar-refractivity contribution in [2.24, 2.45) is 5.73 Å². The molecule has 80 valence electrons. The van der Waals surface area contributed by atoms with Crippen LogP contribution in [0.2, 0.25) is 0 Å². The van der Waals surface area contributed by atoms with Gasteiger partial charge in [0.2, 0.25) is 0 Å². The lowest BCUT2D eigenvalue weighted by Crippen LogP contribution is -2.12. The summed E-state index contributed by atoms with van der Waals surface area (Å²) in [7, 11) is 0. The van der Waals surface area contributed by atoms with Gasteiger partial charge in [-0.05, 0) is 13.3 Å². The molecule has 1 atom stereocenters. The number of aryl methyl sites for hydroxylation is 1. The minimum Gasteiger partial charge on any atom is -0.396 e. The van der Waals surface area contributed by atoms with Crippen molar-refractivity contribution in [1.29, 1.82) is 0 Å². The second-order valence-corrected chi connectivity index (χ2v) is 3.49. The van der Waals surface area contributed by atoms with Gasteiger partial charge in [-0.25, -0.2) is 4.98 Å². The van der Waals surface area contributed by atoms with Gasteiger partial charge in [0.1, 0.15) is 5.82 Å². The van der Waals surface area contributed by atoms with Crippen LogP contribution in [-0.4, -0.2) is 26.1 Å². The minimum atomic E-state index is -0.233. The van der Waals surface area contributed by atoms with Gasteiger partial charge in [-0.2, -0.15) is 0 Å². The molecular weight excluding hydrogens is 192 g/mol. The number of nitrogens with two attached hydrogens (primary N) is 1. The van der Waals surface area contributed by atoms with Crippen LogP contribution in [0.15, 0.2) is 18.6 Å². The SMILES string of the molecule is Cc1nc(C(N)CCO)c2cnccn12. The molecule has 2 rings (SSSR count). The molecule has 5 heteroatoms. The third-order valence-electron chi connectivity index (χ3n) is 2.44. The van der Waals surface area contributed by atoms with Crippen molar-refractivity contribution in [3.63, 3.8) is 0 Å². The third kappa shape index (κ3) is 1.71. The number of aliphatic hydroxyl groups is 1. The topological polar surface area (TPSA) is 76.4 Å². The van der Waals surface area contributed by atoms with Gasteiger partial charge in [0, 0.05) is 19.0 Å². The summed E-state index contributed by atoms with van der Waals surface area (Å²) in [4.78, 5) is 8.45. The van der Waals surface area contributed by atoms with E-state index in [0.29, 0.717) is 6.42 Å². The molecular formula is C10H14N4O. The van der Waals surface area contributed by atoms with Crippen molar-refractivity contribution in [2.45, 2.75) is 19.4 Å². The second-order valence-electron chi connectivity index (χ2n) is 3.49. The maximum atomic E-state index is 8.85. The Morgan fingerprint density at radius 2 is 2.40 bits per heavy atom. The molecule has 0 saturated carbocycles. The van der Waals surface area contributed by atoms with Crippen LogP contribution in [0.3, 0.4) is 0 Å². The number of rotatable bonds is 3. The average Bonchev–Trinajstić information content (AvgIpc) is 2.58. The Morgan fingerprint density at radius 1 is 1.60 bits per heavy atom. The maximum Gasteiger partial charge on any atom is 0.110 e. The van der Waals surface area contributed by atoms with E-state index in [1.54, 1.807) is 12.4 Å². The van der Waals surface area contributed by atoms with Crippen LogP contribution in [0.1, 0.15) is 24.0 Å². The van der Waals surface area contributed by atoms with Crippen molar-refractivity contribution in [1.82, 2.24) is 14.4 Å². The zero-order valence-corrected chi connectivity index (χ0v) is 8.59. The van der Waals surface area contributed by atoms with Gasteiger partial charge < -0.3 is 15.2 Å². The number of imidazole rings is 1.